The van der Waals surface area contributed by atoms with Gasteiger partial charge in [-0.25, -0.2) is 9.59 Å². The molecule has 2 saturated heterocycles. The normalized spacial score (nSPS) is 25.1. The van der Waals surface area contributed by atoms with Crippen molar-refractivity contribution in [3.05, 3.63) is 48.0 Å². The van der Waals surface area contributed by atoms with Crippen molar-refractivity contribution in [2.24, 2.45) is 5.92 Å². The summed E-state index contributed by atoms with van der Waals surface area (Å²) >= 11 is 0. The van der Waals surface area contributed by atoms with E-state index in [-0.39, 0.29) is 24.5 Å². The maximum Gasteiger partial charge on any atom is 0.411 e. The number of esters is 1. The maximum absolute atomic E-state index is 12.9. The first kappa shape index (κ1) is 18.5. The highest BCUT2D eigenvalue weighted by Gasteiger charge is 2.51. The standard InChI is InChI=1S/C21H27NO4/c1-14-12-16-10-11-17(14)18(22(16)20(24)26-21(2,3)4)19(23)25-13-15-8-6-5-7-9-15/h5-9,16-18H,1,10-13H2,2-4H3/t16-,17+,18-/m0/s1. The molecule has 1 saturated carbocycles. The van der Waals surface area contributed by atoms with Gasteiger partial charge in [-0.2, -0.15) is 0 Å². The highest BCUT2D eigenvalue weighted by Crippen LogP contribution is 2.43. The minimum Gasteiger partial charge on any atom is -0.459 e. The predicted octanol–water partition coefficient (Wildman–Crippen LogP) is 4.07. The van der Waals surface area contributed by atoms with E-state index in [0.717, 1.165) is 30.4 Å². The number of rotatable bonds is 3. The Kier molecular flexibility index (Phi) is 5.08. The molecule has 1 amide bonds. The van der Waals surface area contributed by atoms with Gasteiger partial charge in [0.15, 0.2) is 0 Å². The molecule has 3 atom stereocenters. The molecule has 2 aliphatic heterocycles. The fourth-order valence-corrected chi connectivity index (χ4v) is 3.84. The fraction of sp³-hybridized carbons (Fsp3) is 0.524. The van der Waals surface area contributed by atoms with Gasteiger partial charge in [0.1, 0.15) is 18.2 Å². The molecule has 5 nitrogen and oxygen atoms in total. The third-order valence-electron chi connectivity index (χ3n) is 4.98. The second-order valence-electron chi connectivity index (χ2n) is 8.13. The topological polar surface area (TPSA) is 55.8 Å². The third kappa shape index (κ3) is 3.92. The first-order chi connectivity index (χ1) is 12.3. The Morgan fingerprint density at radius 1 is 1.19 bits per heavy atom. The smallest absolute Gasteiger partial charge is 0.411 e. The number of fused-ring (bicyclic) bond motifs is 3. The van der Waals surface area contributed by atoms with Crippen molar-refractivity contribution in [2.75, 3.05) is 0 Å². The number of hydrogen-bond donors (Lipinski definition) is 0. The average Bonchev–Trinajstić information content (AvgIpc) is 2.58. The lowest BCUT2D eigenvalue weighted by atomic mass is 9.72. The molecule has 3 aliphatic rings. The number of nitrogens with zero attached hydrogens (tertiary/aromatic N) is 1. The molecule has 0 unspecified atom stereocenters. The Hall–Kier alpha value is -2.30. The number of hydrogen-bond acceptors (Lipinski definition) is 4. The summed E-state index contributed by atoms with van der Waals surface area (Å²) in [5.41, 5.74) is 1.34. The summed E-state index contributed by atoms with van der Waals surface area (Å²) in [5.74, 6) is -0.439. The van der Waals surface area contributed by atoms with Crippen molar-refractivity contribution in [3.63, 3.8) is 0 Å². The van der Waals surface area contributed by atoms with Gasteiger partial charge in [-0.05, 0) is 45.6 Å². The summed E-state index contributed by atoms with van der Waals surface area (Å²) in [7, 11) is 0. The predicted molar refractivity (Wildman–Crippen MR) is 98.4 cm³/mol. The largest absolute Gasteiger partial charge is 0.459 e. The van der Waals surface area contributed by atoms with Crippen LogP contribution in [0.5, 0.6) is 0 Å². The Bertz CT molecular complexity index is 692. The lowest BCUT2D eigenvalue weighted by molar-refractivity contribution is -0.157. The van der Waals surface area contributed by atoms with Crippen LogP contribution in [0, 0.1) is 5.92 Å². The molecule has 140 valence electrons. The first-order valence-corrected chi connectivity index (χ1v) is 9.16. The molecule has 4 rings (SSSR count). The number of carbonyl (C=O) groups is 2. The Morgan fingerprint density at radius 3 is 2.50 bits per heavy atom. The third-order valence-corrected chi connectivity index (χ3v) is 4.98. The number of carbonyl (C=O) groups excluding carboxylic acids is 2. The van der Waals surface area contributed by atoms with Gasteiger partial charge >= 0.3 is 12.1 Å². The molecule has 2 bridgehead atoms. The van der Waals surface area contributed by atoms with Gasteiger partial charge in [0.25, 0.3) is 0 Å². The zero-order valence-electron chi connectivity index (χ0n) is 15.7. The van der Waals surface area contributed by atoms with E-state index in [1.54, 1.807) is 4.90 Å². The van der Waals surface area contributed by atoms with Crippen LogP contribution in [-0.4, -0.2) is 34.6 Å². The Labute approximate surface area is 155 Å². The first-order valence-electron chi connectivity index (χ1n) is 9.16. The molecule has 0 aromatic heterocycles. The molecule has 1 aliphatic carbocycles. The Balaban J connectivity index is 1.77. The number of benzene rings is 1. The molecule has 0 N–H and O–H groups in total. The van der Waals surface area contributed by atoms with E-state index in [9.17, 15) is 9.59 Å². The number of ether oxygens (including phenoxy) is 2. The molecular formula is C21H27NO4. The summed E-state index contributed by atoms with van der Waals surface area (Å²) in [6, 6.07) is 8.85. The van der Waals surface area contributed by atoms with Crippen LogP contribution in [0.4, 0.5) is 4.79 Å². The molecule has 3 fully saturated rings. The van der Waals surface area contributed by atoms with Crippen LogP contribution in [0.1, 0.15) is 45.6 Å². The van der Waals surface area contributed by atoms with Gasteiger partial charge in [0.2, 0.25) is 0 Å². The monoisotopic (exact) mass is 357 g/mol. The van der Waals surface area contributed by atoms with E-state index in [4.69, 9.17) is 9.47 Å². The summed E-state index contributed by atoms with van der Waals surface area (Å²) in [6.07, 6.45) is 2.01. The molecule has 1 aromatic rings. The number of amides is 1. The minimum absolute atomic E-state index is 0.0448. The van der Waals surface area contributed by atoms with Crippen molar-refractivity contribution in [1.29, 1.82) is 0 Å². The van der Waals surface area contributed by atoms with Crippen LogP contribution in [0.25, 0.3) is 0 Å². The highest BCUT2D eigenvalue weighted by atomic mass is 16.6. The van der Waals surface area contributed by atoms with Crippen molar-refractivity contribution < 1.29 is 19.1 Å². The van der Waals surface area contributed by atoms with Gasteiger partial charge in [0, 0.05) is 12.0 Å². The molecule has 5 heteroatoms. The van der Waals surface area contributed by atoms with Gasteiger partial charge in [0.05, 0.1) is 0 Å². The zero-order valence-corrected chi connectivity index (χ0v) is 15.7. The van der Waals surface area contributed by atoms with Gasteiger partial charge < -0.3 is 9.47 Å². The van der Waals surface area contributed by atoms with E-state index < -0.39 is 17.7 Å². The molecule has 2 heterocycles. The summed E-state index contributed by atoms with van der Waals surface area (Å²) in [4.78, 5) is 27.2. The quantitative estimate of drug-likeness (QED) is 0.604. The molecule has 0 radical (unpaired) electrons. The van der Waals surface area contributed by atoms with E-state index in [1.807, 2.05) is 51.1 Å². The van der Waals surface area contributed by atoms with E-state index in [2.05, 4.69) is 6.58 Å². The van der Waals surface area contributed by atoms with Gasteiger partial charge in [-0.3, -0.25) is 4.90 Å². The fourth-order valence-electron chi connectivity index (χ4n) is 3.84. The second kappa shape index (κ2) is 7.14. The molecule has 0 spiro atoms. The summed E-state index contributed by atoms with van der Waals surface area (Å²) in [5, 5.41) is 0. The molecule has 1 aromatic carbocycles. The van der Waals surface area contributed by atoms with Crippen LogP contribution in [0.15, 0.2) is 42.5 Å². The molecule has 26 heavy (non-hydrogen) atoms. The van der Waals surface area contributed by atoms with Crippen molar-refractivity contribution >= 4 is 12.1 Å². The highest BCUT2D eigenvalue weighted by molar-refractivity contribution is 5.83. The molecular weight excluding hydrogens is 330 g/mol. The lowest BCUT2D eigenvalue weighted by Crippen LogP contribution is -2.62. The van der Waals surface area contributed by atoms with Gasteiger partial charge in [-0.15, -0.1) is 0 Å². The summed E-state index contributed by atoms with van der Waals surface area (Å²) < 4.78 is 11.1. The zero-order chi connectivity index (χ0) is 18.9. The van der Waals surface area contributed by atoms with Crippen molar-refractivity contribution in [3.8, 4) is 0 Å². The van der Waals surface area contributed by atoms with Crippen molar-refractivity contribution in [2.45, 2.75) is 64.3 Å². The lowest BCUT2D eigenvalue weighted by Gasteiger charge is -2.50. The van der Waals surface area contributed by atoms with E-state index in [1.165, 1.54) is 0 Å². The van der Waals surface area contributed by atoms with E-state index in [0.29, 0.717) is 0 Å². The van der Waals surface area contributed by atoms with Crippen LogP contribution >= 0.6 is 0 Å². The van der Waals surface area contributed by atoms with Crippen LogP contribution < -0.4 is 0 Å². The van der Waals surface area contributed by atoms with Crippen molar-refractivity contribution in [1.82, 2.24) is 4.90 Å². The minimum atomic E-state index is -0.645. The van der Waals surface area contributed by atoms with Gasteiger partial charge in [-0.1, -0.05) is 42.5 Å². The van der Waals surface area contributed by atoms with Crippen LogP contribution in [0.3, 0.4) is 0 Å². The summed E-state index contributed by atoms with van der Waals surface area (Å²) in [6.45, 7) is 9.81. The maximum atomic E-state index is 12.9. The SMILES string of the molecule is C=C1C[C@@H]2CC[C@H]1[C@@H](C(=O)OCc1ccccc1)N2C(=O)OC(C)(C)C. The van der Waals surface area contributed by atoms with E-state index >= 15 is 0 Å². The number of piperidine rings is 2. The average molecular weight is 357 g/mol. The van der Waals surface area contributed by atoms with Crippen LogP contribution in [-0.2, 0) is 20.9 Å². The second-order valence-corrected chi connectivity index (χ2v) is 8.13. The van der Waals surface area contributed by atoms with Crippen LogP contribution in [0.2, 0.25) is 0 Å². The Morgan fingerprint density at radius 2 is 1.88 bits per heavy atom.